The third kappa shape index (κ3) is 1.85. The summed E-state index contributed by atoms with van der Waals surface area (Å²) >= 11 is 5.83. The minimum atomic E-state index is -0.827. The van der Waals surface area contributed by atoms with Gasteiger partial charge in [0, 0.05) is 0 Å². The normalized spacial score (nSPS) is 33.5. The van der Waals surface area contributed by atoms with Crippen LogP contribution >= 0.6 is 11.6 Å². The van der Waals surface area contributed by atoms with Crippen molar-refractivity contribution in [1.29, 1.82) is 0 Å². The quantitative estimate of drug-likeness (QED) is 0.701. The second-order valence-corrected chi connectivity index (χ2v) is 3.74. The maximum atomic E-state index is 9.28. The number of hydrogen-bond acceptors (Lipinski definition) is 2. The highest BCUT2D eigenvalue weighted by Crippen LogP contribution is 2.34. The lowest BCUT2D eigenvalue weighted by Gasteiger charge is -2.09. The molecule has 0 amide bonds. The fourth-order valence-corrected chi connectivity index (χ4v) is 1.73. The fraction of sp³-hybridized carbons (Fsp3) is 0.400. The second kappa shape index (κ2) is 3.66. The zero-order valence-electron chi connectivity index (χ0n) is 7.06. The molecule has 0 aromatic heterocycles. The van der Waals surface area contributed by atoms with E-state index in [1.54, 1.807) is 0 Å². The summed E-state index contributed by atoms with van der Waals surface area (Å²) in [6.07, 6.45) is -0.210. The molecule has 2 nitrogen and oxygen atoms in total. The predicted molar refractivity (Wildman–Crippen MR) is 50.5 cm³/mol. The molecule has 0 saturated carbocycles. The van der Waals surface area contributed by atoms with Crippen LogP contribution in [0, 0.1) is 0 Å². The van der Waals surface area contributed by atoms with Gasteiger partial charge in [-0.15, -0.1) is 11.6 Å². The molecule has 1 aliphatic rings. The van der Waals surface area contributed by atoms with E-state index in [4.69, 9.17) is 16.3 Å². The average Bonchev–Trinajstić information content (AvgIpc) is 2.49. The van der Waals surface area contributed by atoms with Crippen molar-refractivity contribution in [2.24, 2.45) is 0 Å². The van der Waals surface area contributed by atoms with E-state index in [1.165, 1.54) is 0 Å². The van der Waals surface area contributed by atoms with Crippen molar-refractivity contribution in [3.8, 4) is 0 Å². The standard InChI is InChI=1S/C10H11ClO2/c11-8-6-9(13-10(8)12)7-4-2-1-3-5-7/h1-5,8-10,12H,6H2/t8-,9+,10-/m1/s1. The van der Waals surface area contributed by atoms with Crippen LogP contribution in [0.15, 0.2) is 30.3 Å². The average molecular weight is 199 g/mol. The Labute approximate surface area is 82.1 Å². The van der Waals surface area contributed by atoms with E-state index in [0.717, 1.165) is 5.56 Å². The van der Waals surface area contributed by atoms with Crippen molar-refractivity contribution in [3.63, 3.8) is 0 Å². The highest BCUT2D eigenvalue weighted by Gasteiger charge is 2.32. The molecule has 1 heterocycles. The summed E-state index contributed by atoms with van der Waals surface area (Å²) < 4.78 is 5.28. The molecule has 1 aliphatic heterocycles. The van der Waals surface area contributed by atoms with Gasteiger partial charge in [0.15, 0.2) is 6.29 Å². The smallest absolute Gasteiger partial charge is 0.171 e. The Balaban J connectivity index is 2.12. The van der Waals surface area contributed by atoms with Crippen LogP contribution in [0.4, 0.5) is 0 Å². The highest BCUT2D eigenvalue weighted by atomic mass is 35.5. The van der Waals surface area contributed by atoms with Crippen molar-refractivity contribution < 1.29 is 9.84 Å². The first-order chi connectivity index (χ1) is 6.27. The molecular formula is C10H11ClO2. The van der Waals surface area contributed by atoms with Crippen LogP contribution < -0.4 is 0 Å². The molecule has 70 valence electrons. The number of ether oxygens (including phenoxy) is 1. The van der Waals surface area contributed by atoms with E-state index >= 15 is 0 Å². The Hall–Kier alpha value is -0.570. The highest BCUT2D eigenvalue weighted by molar-refractivity contribution is 6.21. The molecule has 0 spiro atoms. The van der Waals surface area contributed by atoms with Gasteiger partial charge in [0.05, 0.1) is 11.5 Å². The number of aliphatic hydroxyl groups is 1. The zero-order valence-corrected chi connectivity index (χ0v) is 7.82. The van der Waals surface area contributed by atoms with Crippen LogP contribution in [0.3, 0.4) is 0 Å². The molecule has 0 radical (unpaired) electrons. The maximum absolute atomic E-state index is 9.28. The first kappa shape index (κ1) is 9.00. The van der Waals surface area contributed by atoms with Crippen molar-refractivity contribution >= 4 is 11.6 Å². The Kier molecular flexibility index (Phi) is 2.54. The maximum Gasteiger partial charge on any atom is 0.171 e. The molecule has 13 heavy (non-hydrogen) atoms. The van der Waals surface area contributed by atoms with Crippen LogP contribution in [-0.4, -0.2) is 16.8 Å². The van der Waals surface area contributed by atoms with Crippen LogP contribution in [0.1, 0.15) is 18.1 Å². The molecule has 1 fully saturated rings. The number of hydrogen-bond donors (Lipinski definition) is 1. The first-order valence-corrected chi connectivity index (χ1v) is 4.73. The van der Waals surface area contributed by atoms with Gasteiger partial charge in [0.25, 0.3) is 0 Å². The summed E-state index contributed by atoms with van der Waals surface area (Å²) in [5.74, 6) is 0. The van der Waals surface area contributed by atoms with E-state index in [0.29, 0.717) is 6.42 Å². The van der Waals surface area contributed by atoms with E-state index in [2.05, 4.69) is 0 Å². The molecular weight excluding hydrogens is 188 g/mol. The largest absolute Gasteiger partial charge is 0.367 e. The molecule has 0 aliphatic carbocycles. The molecule has 1 aromatic carbocycles. The Bertz CT molecular complexity index is 266. The van der Waals surface area contributed by atoms with Gasteiger partial charge in [-0.2, -0.15) is 0 Å². The molecule has 1 aromatic rings. The predicted octanol–water partition coefficient (Wildman–Crippen LogP) is 2.07. The van der Waals surface area contributed by atoms with Gasteiger partial charge in [-0.3, -0.25) is 0 Å². The van der Waals surface area contributed by atoms with Crippen LogP contribution in [0.25, 0.3) is 0 Å². The summed E-state index contributed by atoms with van der Waals surface area (Å²) in [4.78, 5) is 0. The molecule has 3 heteroatoms. The summed E-state index contributed by atoms with van der Waals surface area (Å²) in [7, 11) is 0. The van der Waals surface area contributed by atoms with Gasteiger partial charge in [-0.05, 0) is 12.0 Å². The Morgan fingerprint density at radius 3 is 2.54 bits per heavy atom. The van der Waals surface area contributed by atoms with E-state index < -0.39 is 6.29 Å². The summed E-state index contributed by atoms with van der Waals surface area (Å²) in [5.41, 5.74) is 1.07. The summed E-state index contributed by atoms with van der Waals surface area (Å²) in [5, 5.41) is 8.99. The third-order valence-electron chi connectivity index (χ3n) is 2.22. The van der Waals surface area contributed by atoms with E-state index in [1.807, 2.05) is 30.3 Å². The number of benzene rings is 1. The Morgan fingerprint density at radius 2 is 2.00 bits per heavy atom. The molecule has 3 atom stereocenters. The lowest BCUT2D eigenvalue weighted by molar-refractivity contribution is -0.0899. The molecule has 1 N–H and O–H groups in total. The van der Waals surface area contributed by atoms with Gasteiger partial charge >= 0.3 is 0 Å². The zero-order chi connectivity index (χ0) is 9.26. The van der Waals surface area contributed by atoms with E-state index in [9.17, 15) is 5.11 Å². The molecule has 0 bridgehead atoms. The van der Waals surface area contributed by atoms with Gasteiger partial charge in [-0.1, -0.05) is 30.3 Å². The summed E-state index contributed by atoms with van der Waals surface area (Å²) in [6, 6.07) is 9.81. The van der Waals surface area contributed by atoms with Crippen molar-refractivity contribution in [2.45, 2.75) is 24.2 Å². The van der Waals surface area contributed by atoms with Crippen molar-refractivity contribution in [1.82, 2.24) is 0 Å². The number of alkyl halides is 1. The second-order valence-electron chi connectivity index (χ2n) is 3.18. The van der Waals surface area contributed by atoms with E-state index in [-0.39, 0.29) is 11.5 Å². The van der Waals surface area contributed by atoms with Crippen LogP contribution in [0.5, 0.6) is 0 Å². The number of rotatable bonds is 1. The van der Waals surface area contributed by atoms with Crippen molar-refractivity contribution in [3.05, 3.63) is 35.9 Å². The van der Waals surface area contributed by atoms with Crippen LogP contribution in [-0.2, 0) is 4.74 Å². The first-order valence-electron chi connectivity index (χ1n) is 4.30. The number of halogens is 1. The third-order valence-corrected chi connectivity index (χ3v) is 2.62. The SMILES string of the molecule is O[C@@H]1O[C@H](c2ccccc2)C[C@H]1Cl. The minimum Gasteiger partial charge on any atom is -0.367 e. The Morgan fingerprint density at radius 1 is 1.31 bits per heavy atom. The fourth-order valence-electron chi connectivity index (χ4n) is 1.51. The lowest BCUT2D eigenvalue weighted by Crippen LogP contribution is -2.13. The molecule has 0 unspecified atom stereocenters. The minimum absolute atomic E-state index is 0.0568. The topological polar surface area (TPSA) is 29.5 Å². The van der Waals surface area contributed by atoms with Gasteiger partial charge in [0.1, 0.15) is 0 Å². The van der Waals surface area contributed by atoms with Gasteiger partial charge in [0.2, 0.25) is 0 Å². The van der Waals surface area contributed by atoms with Gasteiger partial charge in [-0.25, -0.2) is 0 Å². The summed E-state index contributed by atoms with van der Waals surface area (Å²) in [6.45, 7) is 0. The molecule has 2 rings (SSSR count). The monoisotopic (exact) mass is 198 g/mol. The van der Waals surface area contributed by atoms with Crippen molar-refractivity contribution in [2.75, 3.05) is 0 Å². The molecule has 1 saturated heterocycles. The number of aliphatic hydroxyl groups excluding tert-OH is 1. The lowest BCUT2D eigenvalue weighted by atomic mass is 10.1. The van der Waals surface area contributed by atoms with Crippen LogP contribution in [0.2, 0.25) is 0 Å². The van der Waals surface area contributed by atoms with Gasteiger partial charge < -0.3 is 9.84 Å².